The number of carbonyl (C=O) groups excluding carboxylic acids is 2. The first kappa shape index (κ1) is 18.2. The first-order valence-electron chi connectivity index (χ1n) is 6.49. The van der Waals surface area contributed by atoms with Gasteiger partial charge in [-0.2, -0.15) is 0 Å². The fourth-order valence-electron chi connectivity index (χ4n) is 1.59. The Kier molecular flexibility index (Phi) is 9.20. The van der Waals surface area contributed by atoms with E-state index in [2.05, 4.69) is 10.6 Å². The van der Waals surface area contributed by atoms with E-state index < -0.39 is 0 Å². The summed E-state index contributed by atoms with van der Waals surface area (Å²) in [6.07, 6.45) is 1.98. The fourth-order valence-corrected chi connectivity index (χ4v) is 1.59. The molecule has 0 aliphatic heterocycles. The highest BCUT2D eigenvalue weighted by atomic mass is 35.5. The van der Waals surface area contributed by atoms with Gasteiger partial charge in [0, 0.05) is 18.7 Å². The fraction of sp³-hybridized carbons (Fsp3) is 0.429. The second kappa shape index (κ2) is 10.1. The van der Waals surface area contributed by atoms with Gasteiger partial charge in [-0.1, -0.05) is 19.1 Å². The van der Waals surface area contributed by atoms with Gasteiger partial charge in [0.1, 0.15) is 0 Å². The first-order valence-corrected chi connectivity index (χ1v) is 6.49. The number of amides is 2. The Morgan fingerprint density at radius 1 is 1.10 bits per heavy atom. The Balaban J connectivity index is 0.00000361. The smallest absolute Gasteiger partial charge is 0.239 e. The minimum atomic E-state index is -0.167. The van der Waals surface area contributed by atoms with Crippen LogP contribution in [0.15, 0.2) is 24.3 Å². The van der Waals surface area contributed by atoms with Crippen LogP contribution in [0.1, 0.15) is 25.3 Å². The molecule has 0 unspecified atom stereocenters. The van der Waals surface area contributed by atoms with E-state index >= 15 is 0 Å². The standard InChI is InChI=1S/C14H21N3O2.ClH/c1-2-3-13(18)17-10-14(19)16-9-8-11-4-6-12(15)7-5-11;/h4-7H,2-3,8-10,15H2,1H3,(H,16,19)(H,17,18);1H. The molecule has 0 fully saturated rings. The molecule has 4 N–H and O–H groups in total. The molecule has 0 aliphatic rings. The second-order valence-electron chi connectivity index (χ2n) is 4.37. The number of nitrogens with two attached hydrogens (primary N) is 1. The molecule has 5 nitrogen and oxygen atoms in total. The van der Waals surface area contributed by atoms with E-state index in [-0.39, 0.29) is 30.8 Å². The van der Waals surface area contributed by atoms with Gasteiger partial charge in [-0.15, -0.1) is 12.4 Å². The third kappa shape index (κ3) is 7.63. The summed E-state index contributed by atoms with van der Waals surface area (Å²) < 4.78 is 0. The van der Waals surface area contributed by atoms with Crippen LogP contribution in [-0.2, 0) is 16.0 Å². The Labute approximate surface area is 125 Å². The van der Waals surface area contributed by atoms with Crippen LogP contribution in [0.4, 0.5) is 5.69 Å². The summed E-state index contributed by atoms with van der Waals surface area (Å²) in [6, 6.07) is 7.54. The van der Waals surface area contributed by atoms with Crippen molar-refractivity contribution in [1.82, 2.24) is 10.6 Å². The third-order valence-electron chi connectivity index (χ3n) is 2.64. The SMILES string of the molecule is CCCC(=O)NCC(=O)NCCc1ccc(N)cc1.Cl. The molecule has 1 aromatic rings. The van der Waals surface area contributed by atoms with Gasteiger partial charge in [-0.25, -0.2) is 0 Å². The summed E-state index contributed by atoms with van der Waals surface area (Å²) in [7, 11) is 0. The topological polar surface area (TPSA) is 84.2 Å². The molecule has 0 heterocycles. The monoisotopic (exact) mass is 299 g/mol. The zero-order valence-corrected chi connectivity index (χ0v) is 12.5. The summed E-state index contributed by atoms with van der Waals surface area (Å²) in [5, 5.41) is 5.33. The Morgan fingerprint density at radius 3 is 2.35 bits per heavy atom. The number of rotatable bonds is 7. The predicted molar refractivity (Wildman–Crippen MR) is 82.7 cm³/mol. The van der Waals surface area contributed by atoms with Crippen molar-refractivity contribution >= 4 is 29.9 Å². The highest BCUT2D eigenvalue weighted by Crippen LogP contribution is 2.05. The van der Waals surface area contributed by atoms with E-state index in [1.807, 2.05) is 31.2 Å². The van der Waals surface area contributed by atoms with Crippen molar-refractivity contribution in [3.63, 3.8) is 0 Å². The average molecular weight is 300 g/mol. The normalized spacial score (nSPS) is 9.45. The van der Waals surface area contributed by atoms with Crippen molar-refractivity contribution in [3.05, 3.63) is 29.8 Å². The van der Waals surface area contributed by atoms with Crippen LogP contribution >= 0.6 is 12.4 Å². The lowest BCUT2D eigenvalue weighted by Gasteiger charge is -2.07. The van der Waals surface area contributed by atoms with Crippen molar-refractivity contribution < 1.29 is 9.59 Å². The Hall–Kier alpha value is -1.75. The van der Waals surface area contributed by atoms with Crippen LogP contribution in [0, 0.1) is 0 Å². The van der Waals surface area contributed by atoms with Crippen molar-refractivity contribution in [2.75, 3.05) is 18.8 Å². The molecule has 0 spiro atoms. The average Bonchev–Trinajstić information content (AvgIpc) is 2.39. The van der Waals surface area contributed by atoms with Crippen LogP contribution < -0.4 is 16.4 Å². The van der Waals surface area contributed by atoms with Crippen LogP contribution in [0.2, 0.25) is 0 Å². The maximum Gasteiger partial charge on any atom is 0.239 e. The lowest BCUT2D eigenvalue weighted by molar-refractivity contribution is -0.126. The third-order valence-corrected chi connectivity index (χ3v) is 2.64. The number of halogens is 1. The molecule has 0 saturated carbocycles. The Bertz CT molecular complexity index is 421. The molecule has 2 amide bonds. The first-order chi connectivity index (χ1) is 9.11. The Morgan fingerprint density at radius 2 is 1.75 bits per heavy atom. The molecular weight excluding hydrogens is 278 g/mol. The van der Waals surface area contributed by atoms with Gasteiger partial charge in [-0.05, 0) is 30.5 Å². The summed E-state index contributed by atoms with van der Waals surface area (Å²) in [4.78, 5) is 22.6. The number of benzene rings is 1. The van der Waals surface area contributed by atoms with Crippen molar-refractivity contribution in [3.8, 4) is 0 Å². The summed E-state index contributed by atoms with van der Waals surface area (Å²) in [5.74, 6) is -0.254. The van der Waals surface area contributed by atoms with E-state index in [0.29, 0.717) is 13.0 Å². The van der Waals surface area contributed by atoms with Crippen LogP contribution in [0.25, 0.3) is 0 Å². The molecule has 0 radical (unpaired) electrons. The number of anilines is 1. The molecule has 1 aromatic carbocycles. The quantitative estimate of drug-likeness (QED) is 0.663. The summed E-state index contributed by atoms with van der Waals surface area (Å²) in [5.41, 5.74) is 7.43. The van der Waals surface area contributed by atoms with Crippen LogP contribution in [0.3, 0.4) is 0 Å². The second-order valence-corrected chi connectivity index (χ2v) is 4.37. The molecule has 112 valence electrons. The van der Waals surface area contributed by atoms with E-state index in [1.165, 1.54) is 0 Å². The van der Waals surface area contributed by atoms with Crippen molar-refractivity contribution in [2.45, 2.75) is 26.2 Å². The van der Waals surface area contributed by atoms with E-state index in [4.69, 9.17) is 5.73 Å². The molecule has 0 saturated heterocycles. The number of nitrogens with one attached hydrogen (secondary N) is 2. The number of hydrogen-bond acceptors (Lipinski definition) is 3. The molecule has 0 bridgehead atoms. The van der Waals surface area contributed by atoms with Gasteiger partial charge in [0.25, 0.3) is 0 Å². The van der Waals surface area contributed by atoms with Gasteiger partial charge in [0.05, 0.1) is 6.54 Å². The summed E-state index contributed by atoms with van der Waals surface area (Å²) >= 11 is 0. The summed E-state index contributed by atoms with van der Waals surface area (Å²) in [6.45, 7) is 2.51. The highest BCUT2D eigenvalue weighted by Gasteiger charge is 2.03. The largest absolute Gasteiger partial charge is 0.399 e. The minimum Gasteiger partial charge on any atom is -0.399 e. The molecule has 1 rings (SSSR count). The van der Waals surface area contributed by atoms with Crippen molar-refractivity contribution in [2.24, 2.45) is 0 Å². The molecule has 6 heteroatoms. The van der Waals surface area contributed by atoms with E-state index in [0.717, 1.165) is 24.1 Å². The van der Waals surface area contributed by atoms with Gasteiger partial charge in [0.2, 0.25) is 11.8 Å². The molecule has 0 atom stereocenters. The van der Waals surface area contributed by atoms with Crippen LogP contribution in [-0.4, -0.2) is 24.9 Å². The molecule has 20 heavy (non-hydrogen) atoms. The maximum absolute atomic E-state index is 11.5. The van der Waals surface area contributed by atoms with Crippen molar-refractivity contribution in [1.29, 1.82) is 0 Å². The van der Waals surface area contributed by atoms with Crippen LogP contribution in [0.5, 0.6) is 0 Å². The van der Waals surface area contributed by atoms with Gasteiger partial charge >= 0.3 is 0 Å². The predicted octanol–water partition coefficient (Wildman–Crippen LogP) is 1.27. The van der Waals surface area contributed by atoms with E-state index in [1.54, 1.807) is 0 Å². The molecule has 0 aromatic heterocycles. The minimum absolute atomic E-state index is 0. The highest BCUT2D eigenvalue weighted by molar-refractivity contribution is 5.85. The number of carbonyl (C=O) groups is 2. The van der Waals surface area contributed by atoms with E-state index in [9.17, 15) is 9.59 Å². The maximum atomic E-state index is 11.5. The molecular formula is C14H22ClN3O2. The number of hydrogen-bond donors (Lipinski definition) is 3. The van der Waals surface area contributed by atoms with Gasteiger partial charge in [-0.3, -0.25) is 9.59 Å². The van der Waals surface area contributed by atoms with Gasteiger partial charge in [0.15, 0.2) is 0 Å². The number of nitrogen functional groups attached to an aromatic ring is 1. The zero-order valence-electron chi connectivity index (χ0n) is 11.6. The zero-order chi connectivity index (χ0) is 14.1. The lowest BCUT2D eigenvalue weighted by atomic mass is 10.1. The lowest BCUT2D eigenvalue weighted by Crippen LogP contribution is -2.37. The van der Waals surface area contributed by atoms with Gasteiger partial charge < -0.3 is 16.4 Å². The molecule has 0 aliphatic carbocycles.